The number of hydrogen-bond acceptors (Lipinski definition) is 3. The number of rotatable bonds is 6. The van der Waals surface area contributed by atoms with E-state index < -0.39 is 12.0 Å². The highest BCUT2D eigenvalue weighted by Crippen LogP contribution is 2.08. The molecule has 1 aromatic heterocycles. The quantitative estimate of drug-likeness (QED) is 0.753. The fourth-order valence-corrected chi connectivity index (χ4v) is 1.79. The van der Waals surface area contributed by atoms with Gasteiger partial charge in [0, 0.05) is 6.07 Å². The Labute approximate surface area is 117 Å². The molecule has 20 heavy (non-hydrogen) atoms. The lowest BCUT2D eigenvalue weighted by atomic mass is 10.2. The molecular weight excluding hydrogens is 256 g/mol. The molecule has 2 aromatic rings. The van der Waals surface area contributed by atoms with Crippen LogP contribution in [0.25, 0.3) is 0 Å². The summed E-state index contributed by atoms with van der Waals surface area (Å²) in [5, 5.41) is 9.93. The van der Waals surface area contributed by atoms with Gasteiger partial charge in [-0.1, -0.05) is 18.2 Å². The van der Waals surface area contributed by atoms with Gasteiger partial charge in [-0.05, 0) is 18.2 Å². The van der Waals surface area contributed by atoms with Crippen LogP contribution in [0.4, 0.5) is 0 Å². The minimum absolute atomic E-state index is 0.178. The van der Waals surface area contributed by atoms with E-state index >= 15 is 0 Å². The average Bonchev–Trinajstić information content (AvgIpc) is 2.46. The monoisotopic (exact) mass is 273 g/mol. The third-order valence-corrected chi connectivity index (χ3v) is 2.75. The second kappa shape index (κ2) is 6.68. The van der Waals surface area contributed by atoms with Crippen LogP contribution in [0, 0.1) is 0 Å². The molecule has 1 atom stereocenters. The first-order chi connectivity index (χ1) is 9.65. The zero-order valence-corrected chi connectivity index (χ0v) is 11.0. The van der Waals surface area contributed by atoms with Gasteiger partial charge in [-0.15, -0.1) is 0 Å². The SMILES string of the molecule is NC(=O)c1ccc[n+](CC(O)COc2ccccc2)c1. The summed E-state index contributed by atoms with van der Waals surface area (Å²) in [4.78, 5) is 11.1. The van der Waals surface area contributed by atoms with Crippen LogP contribution in [0.3, 0.4) is 0 Å². The molecule has 0 bridgehead atoms. The maximum atomic E-state index is 11.1. The Hall–Kier alpha value is -2.40. The lowest BCUT2D eigenvalue weighted by molar-refractivity contribution is -0.703. The smallest absolute Gasteiger partial charge is 0.254 e. The normalized spacial score (nSPS) is 11.8. The van der Waals surface area contributed by atoms with Crippen molar-refractivity contribution in [3.05, 3.63) is 60.4 Å². The molecule has 0 saturated carbocycles. The first-order valence-electron chi connectivity index (χ1n) is 6.30. The molecule has 1 amide bonds. The van der Waals surface area contributed by atoms with Crippen molar-refractivity contribution in [3.8, 4) is 5.75 Å². The van der Waals surface area contributed by atoms with Gasteiger partial charge in [0.25, 0.3) is 5.91 Å². The van der Waals surface area contributed by atoms with Gasteiger partial charge in [0.15, 0.2) is 18.9 Å². The molecule has 1 aromatic carbocycles. The molecule has 0 aliphatic heterocycles. The van der Waals surface area contributed by atoms with E-state index in [0.29, 0.717) is 17.9 Å². The number of primary amides is 1. The maximum Gasteiger partial charge on any atom is 0.254 e. The standard InChI is InChI=1S/C15H16N2O3/c16-15(19)12-5-4-8-17(9-12)10-13(18)11-20-14-6-2-1-3-7-14/h1-9,13,18H,10-11H2,(H-,16,19)/p+1. The summed E-state index contributed by atoms with van der Waals surface area (Å²) in [5.41, 5.74) is 5.61. The van der Waals surface area contributed by atoms with E-state index in [1.54, 1.807) is 29.1 Å². The fraction of sp³-hybridized carbons (Fsp3) is 0.200. The number of ether oxygens (including phenoxy) is 1. The Morgan fingerprint density at radius 1 is 1.25 bits per heavy atom. The Balaban J connectivity index is 1.89. The zero-order chi connectivity index (χ0) is 14.4. The van der Waals surface area contributed by atoms with Crippen LogP contribution >= 0.6 is 0 Å². The van der Waals surface area contributed by atoms with Gasteiger partial charge in [-0.3, -0.25) is 4.79 Å². The van der Waals surface area contributed by atoms with Crippen LogP contribution in [0.1, 0.15) is 10.4 Å². The van der Waals surface area contributed by atoms with Gasteiger partial charge in [0.1, 0.15) is 24.0 Å². The van der Waals surface area contributed by atoms with Crippen molar-refractivity contribution in [2.24, 2.45) is 5.73 Å². The summed E-state index contributed by atoms with van der Waals surface area (Å²) in [6.45, 7) is 0.506. The lowest BCUT2D eigenvalue weighted by Gasteiger charge is -2.10. The van der Waals surface area contributed by atoms with Gasteiger partial charge in [0.2, 0.25) is 0 Å². The zero-order valence-electron chi connectivity index (χ0n) is 11.0. The molecular formula is C15H17N2O3+. The van der Waals surface area contributed by atoms with Crippen LogP contribution < -0.4 is 15.0 Å². The van der Waals surface area contributed by atoms with Crippen LogP contribution in [-0.2, 0) is 6.54 Å². The molecule has 0 spiro atoms. The molecule has 0 aliphatic carbocycles. The van der Waals surface area contributed by atoms with Crippen molar-refractivity contribution in [2.45, 2.75) is 12.6 Å². The molecule has 5 nitrogen and oxygen atoms in total. The summed E-state index contributed by atoms with van der Waals surface area (Å²) in [6, 6.07) is 12.6. The van der Waals surface area contributed by atoms with Crippen LogP contribution in [0.15, 0.2) is 54.9 Å². The number of nitrogens with zero attached hydrogens (tertiary/aromatic N) is 1. The molecule has 1 unspecified atom stereocenters. The molecule has 3 N–H and O–H groups in total. The second-order valence-corrected chi connectivity index (χ2v) is 4.43. The molecule has 2 rings (SSSR count). The number of benzene rings is 1. The number of pyridine rings is 1. The largest absolute Gasteiger partial charge is 0.491 e. The van der Waals surface area contributed by atoms with E-state index in [0.717, 1.165) is 0 Å². The number of aliphatic hydroxyl groups is 1. The van der Waals surface area contributed by atoms with Crippen LogP contribution in [-0.4, -0.2) is 23.7 Å². The molecule has 104 valence electrons. The van der Waals surface area contributed by atoms with Gasteiger partial charge in [-0.25, -0.2) is 4.57 Å². The number of amides is 1. The minimum Gasteiger partial charge on any atom is -0.491 e. The van der Waals surface area contributed by atoms with E-state index in [1.807, 2.05) is 30.3 Å². The predicted octanol–water partition coefficient (Wildman–Crippen LogP) is 0.513. The van der Waals surface area contributed by atoms with Gasteiger partial charge < -0.3 is 15.6 Å². The molecule has 0 saturated heterocycles. The summed E-state index contributed by atoms with van der Waals surface area (Å²) >= 11 is 0. The van der Waals surface area contributed by atoms with E-state index in [1.165, 1.54) is 0 Å². The topological polar surface area (TPSA) is 76.4 Å². The van der Waals surface area contributed by atoms with E-state index in [9.17, 15) is 9.90 Å². The second-order valence-electron chi connectivity index (χ2n) is 4.43. The summed E-state index contributed by atoms with van der Waals surface area (Å²) < 4.78 is 7.17. The minimum atomic E-state index is -0.677. The number of hydrogen-bond donors (Lipinski definition) is 2. The first-order valence-corrected chi connectivity index (χ1v) is 6.30. The van der Waals surface area contributed by atoms with Gasteiger partial charge in [-0.2, -0.15) is 0 Å². The van der Waals surface area contributed by atoms with E-state index in [4.69, 9.17) is 10.5 Å². The van der Waals surface area contributed by atoms with Gasteiger partial charge in [0.05, 0.1) is 0 Å². The van der Waals surface area contributed by atoms with Crippen LogP contribution in [0.5, 0.6) is 5.75 Å². The van der Waals surface area contributed by atoms with E-state index in [-0.39, 0.29) is 6.61 Å². The van der Waals surface area contributed by atoms with Crippen molar-refractivity contribution in [2.75, 3.05) is 6.61 Å². The van der Waals surface area contributed by atoms with Crippen molar-refractivity contribution >= 4 is 5.91 Å². The van der Waals surface area contributed by atoms with Gasteiger partial charge >= 0.3 is 0 Å². The molecule has 1 heterocycles. The highest BCUT2D eigenvalue weighted by Gasteiger charge is 2.13. The first kappa shape index (κ1) is 14.0. The fourth-order valence-electron chi connectivity index (χ4n) is 1.79. The van der Waals surface area contributed by atoms with Crippen molar-refractivity contribution < 1.29 is 19.2 Å². The number of carbonyl (C=O) groups excluding carboxylic acids is 1. The van der Waals surface area contributed by atoms with Crippen molar-refractivity contribution in [3.63, 3.8) is 0 Å². The highest BCUT2D eigenvalue weighted by molar-refractivity contribution is 5.92. The number of nitrogens with two attached hydrogens (primary N) is 1. The number of carbonyl (C=O) groups is 1. The Morgan fingerprint density at radius 3 is 2.70 bits per heavy atom. The predicted molar refractivity (Wildman–Crippen MR) is 73.1 cm³/mol. The number of aliphatic hydroxyl groups excluding tert-OH is 1. The van der Waals surface area contributed by atoms with E-state index in [2.05, 4.69) is 0 Å². The average molecular weight is 273 g/mol. The van der Waals surface area contributed by atoms with Crippen LogP contribution in [0.2, 0.25) is 0 Å². The summed E-state index contributed by atoms with van der Waals surface area (Å²) in [7, 11) is 0. The van der Waals surface area contributed by atoms with Crippen molar-refractivity contribution in [1.82, 2.24) is 0 Å². The number of para-hydroxylation sites is 1. The summed E-state index contributed by atoms with van der Waals surface area (Å²) in [5.74, 6) is 0.219. The summed E-state index contributed by atoms with van der Waals surface area (Å²) in [6.07, 6.45) is 2.69. The lowest BCUT2D eigenvalue weighted by Crippen LogP contribution is -2.42. The number of aromatic nitrogens is 1. The molecule has 0 fully saturated rings. The Kier molecular flexibility index (Phi) is 4.68. The highest BCUT2D eigenvalue weighted by atomic mass is 16.5. The molecule has 0 aliphatic rings. The third-order valence-electron chi connectivity index (χ3n) is 2.75. The Morgan fingerprint density at radius 2 is 2.00 bits per heavy atom. The third kappa shape index (κ3) is 4.07. The Bertz CT molecular complexity index is 572. The molecule has 5 heteroatoms. The van der Waals surface area contributed by atoms with Crippen molar-refractivity contribution in [1.29, 1.82) is 0 Å². The maximum absolute atomic E-state index is 11.1. The molecule has 0 radical (unpaired) electrons.